The first-order chi connectivity index (χ1) is 8.58. The van der Waals surface area contributed by atoms with Crippen molar-refractivity contribution >= 4 is 17.2 Å². The summed E-state index contributed by atoms with van der Waals surface area (Å²) in [5.41, 5.74) is 8.84. The normalized spacial score (nSPS) is 10.3. The van der Waals surface area contributed by atoms with Crippen LogP contribution in [0.25, 0.3) is 0 Å². The number of benzene rings is 1. The quantitative estimate of drug-likeness (QED) is 0.635. The number of aromatic nitrogens is 2. The highest BCUT2D eigenvalue weighted by Crippen LogP contribution is 2.19. The Bertz CT molecular complexity index is 574. The van der Waals surface area contributed by atoms with E-state index in [4.69, 9.17) is 5.73 Å². The minimum absolute atomic E-state index is 0.0225. The Kier molecular flexibility index (Phi) is 3.32. The molecule has 0 atom stereocenters. The number of nitrogen functional groups attached to an aromatic ring is 1. The van der Waals surface area contributed by atoms with E-state index in [0.717, 1.165) is 11.4 Å². The van der Waals surface area contributed by atoms with Gasteiger partial charge in [-0.25, -0.2) is 0 Å². The molecule has 0 aliphatic carbocycles. The number of nitrogens with two attached hydrogens (primary N) is 1. The van der Waals surface area contributed by atoms with Gasteiger partial charge in [-0.1, -0.05) is 0 Å². The predicted octanol–water partition coefficient (Wildman–Crippen LogP) is 1.82. The Hall–Kier alpha value is -2.30. The van der Waals surface area contributed by atoms with Crippen LogP contribution in [0.15, 0.2) is 30.5 Å². The number of carbonyl (C=O) groups is 1. The molecule has 0 fully saturated rings. The molecular formula is C13H16N4O. The van der Waals surface area contributed by atoms with Crippen LogP contribution in [0.3, 0.4) is 0 Å². The second-order valence-corrected chi connectivity index (χ2v) is 4.16. The smallest absolute Gasteiger partial charge is 0.161 e. The molecule has 0 saturated heterocycles. The van der Waals surface area contributed by atoms with E-state index in [2.05, 4.69) is 10.4 Å². The molecule has 1 aromatic carbocycles. The molecule has 2 rings (SSSR count). The van der Waals surface area contributed by atoms with Gasteiger partial charge in [0.05, 0.1) is 12.2 Å². The van der Waals surface area contributed by atoms with Crippen molar-refractivity contribution in [2.45, 2.75) is 13.5 Å². The van der Waals surface area contributed by atoms with Crippen molar-refractivity contribution in [3.05, 3.63) is 41.7 Å². The molecule has 5 heteroatoms. The van der Waals surface area contributed by atoms with Crippen molar-refractivity contribution in [2.75, 3.05) is 11.1 Å². The lowest BCUT2D eigenvalue weighted by molar-refractivity contribution is 0.101. The lowest BCUT2D eigenvalue weighted by atomic mass is 10.1. The van der Waals surface area contributed by atoms with E-state index in [-0.39, 0.29) is 5.78 Å². The summed E-state index contributed by atoms with van der Waals surface area (Å²) in [4.78, 5) is 11.3. The molecule has 2 aromatic rings. The van der Waals surface area contributed by atoms with Gasteiger partial charge < -0.3 is 11.1 Å². The van der Waals surface area contributed by atoms with Crippen molar-refractivity contribution in [1.82, 2.24) is 9.78 Å². The van der Waals surface area contributed by atoms with E-state index in [9.17, 15) is 4.79 Å². The van der Waals surface area contributed by atoms with Crippen molar-refractivity contribution in [2.24, 2.45) is 7.05 Å². The lowest BCUT2D eigenvalue weighted by Crippen LogP contribution is -2.06. The first-order valence-corrected chi connectivity index (χ1v) is 5.69. The van der Waals surface area contributed by atoms with E-state index >= 15 is 0 Å². The van der Waals surface area contributed by atoms with Crippen LogP contribution in [0.5, 0.6) is 0 Å². The molecular weight excluding hydrogens is 228 g/mol. The van der Waals surface area contributed by atoms with Gasteiger partial charge in [-0.15, -0.1) is 0 Å². The Morgan fingerprint density at radius 2 is 2.22 bits per heavy atom. The predicted molar refractivity (Wildman–Crippen MR) is 71.4 cm³/mol. The minimum Gasteiger partial charge on any atom is -0.398 e. The van der Waals surface area contributed by atoms with Crippen molar-refractivity contribution < 1.29 is 4.79 Å². The van der Waals surface area contributed by atoms with Crippen LogP contribution in [-0.4, -0.2) is 15.6 Å². The minimum atomic E-state index is -0.0225. The number of nitrogens with zero attached hydrogens (tertiary/aromatic N) is 2. The van der Waals surface area contributed by atoms with E-state index < -0.39 is 0 Å². The number of Topliss-reactive ketones (excluding diaryl/α,β-unsaturated/α-hetero) is 1. The summed E-state index contributed by atoms with van der Waals surface area (Å²) in [5, 5.41) is 7.33. The molecule has 0 spiro atoms. The highest BCUT2D eigenvalue weighted by molar-refractivity contribution is 5.99. The number of nitrogens with one attached hydrogen (secondary N) is 1. The summed E-state index contributed by atoms with van der Waals surface area (Å²) in [5.74, 6) is -0.0225. The topological polar surface area (TPSA) is 72.9 Å². The zero-order valence-electron chi connectivity index (χ0n) is 10.5. The fourth-order valence-corrected chi connectivity index (χ4v) is 1.76. The summed E-state index contributed by atoms with van der Waals surface area (Å²) in [6, 6.07) is 7.31. The van der Waals surface area contributed by atoms with Crippen molar-refractivity contribution in [1.29, 1.82) is 0 Å². The van der Waals surface area contributed by atoms with Crippen molar-refractivity contribution in [3.63, 3.8) is 0 Å². The molecule has 1 heterocycles. The largest absolute Gasteiger partial charge is 0.398 e. The number of carbonyl (C=O) groups excluding carboxylic acids is 1. The van der Waals surface area contributed by atoms with Crippen LogP contribution < -0.4 is 11.1 Å². The Labute approximate surface area is 106 Å². The zero-order valence-corrected chi connectivity index (χ0v) is 10.5. The maximum Gasteiger partial charge on any atom is 0.161 e. The molecule has 0 saturated carbocycles. The average molecular weight is 244 g/mol. The SMILES string of the molecule is CC(=O)c1ccc(NCc2ccnn2C)cc1N. The molecule has 0 bridgehead atoms. The Morgan fingerprint density at radius 3 is 2.78 bits per heavy atom. The van der Waals surface area contributed by atoms with Crippen LogP contribution >= 0.6 is 0 Å². The average Bonchev–Trinajstić information content (AvgIpc) is 2.72. The van der Waals surface area contributed by atoms with Gasteiger partial charge in [0.25, 0.3) is 0 Å². The van der Waals surface area contributed by atoms with Gasteiger partial charge in [0.2, 0.25) is 0 Å². The molecule has 0 aliphatic rings. The van der Waals surface area contributed by atoms with Gasteiger partial charge in [0.1, 0.15) is 0 Å². The number of rotatable bonds is 4. The van der Waals surface area contributed by atoms with Crippen molar-refractivity contribution in [3.8, 4) is 0 Å². The maximum absolute atomic E-state index is 11.3. The fourth-order valence-electron chi connectivity index (χ4n) is 1.76. The fraction of sp³-hybridized carbons (Fsp3) is 0.231. The van der Waals surface area contributed by atoms with E-state index in [1.165, 1.54) is 6.92 Å². The van der Waals surface area contributed by atoms with E-state index in [1.54, 1.807) is 23.0 Å². The van der Waals surface area contributed by atoms with Gasteiger partial charge in [0.15, 0.2) is 5.78 Å². The highest BCUT2D eigenvalue weighted by Gasteiger charge is 2.05. The molecule has 1 aromatic heterocycles. The monoisotopic (exact) mass is 244 g/mol. The first kappa shape index (κ1) is 12.2. The third kappa shape index (κ3) is 2.51. The van der Waals surface area contributed by atoms with Gasteiger partial charge >= 0.3 is 0 Å². The van der Waals surface area contributed by atoms with Crippen LogP contribution in [0.1, 0.15) is 23.0 Å². The second-order valence-electron chi connectivity index (χ2n) is 4.16. The number of aryl methyl sites for hydroxylation is 1. The highest BCUT2D eigenvalue weighted by atomic mass is 16.1. The summed E-state index contributed by atoms with van der Waals surface area (Å²) in [6.07, 6.45) is 1.75. The Morgan fingerprint density at radius 1 is 1.44 bits per heavy atom. The third-order valence-electron chi connectivity index (χ3n) is 2.83. The Balaban J connectivity index is 2.09. The first-order valence-electron chi connectivity index (χ1n) is 5.69. The zero-order chi connectivity index (χ0) is 13.1. The molecule has 3 N–H and O–H groups in total. The van der Waals surface area contributed by atoms with Gasteiger partial charge in [-0.3, -0.25) is 9.48 Å². The molecule has 0 unspecified atom stereocenters. The van der Waals surface area contributed by atoms with Crippen LogP contribution in [-0.2, 0) is 13.6 Å². The second kappa shape index (κ2) is 4.91. The molecule has 94 valence electrons. The number of anilines is 2. The summed E-state index contributed by atoms with van der Waals surface area (Å²) >= 11 is 0. The standard InChI is InChI=1S/C13H16N4O/c1-9(18)12-4-3-10(7-13(12)14)15-8-11-5-6-16-17(11)2/h3-7,15H,8,14H2,1-2H3. The van der Waals surface area contributed by atoms with Crippen LogP contribution in [0.2, 0.25) is 0 Å². The summed E-state index contributed by atoms with van der Waals surface area (Å²) < 4.78 is 1.81. The molecule has 18 heavy (non-hydrogen) atoms. The van der Waals surface area contributed by atoms with Crippen LogP contribution in [0.4, 0.5) is 11.4 Å². The van der Waals surface area contributed by atoms with E-state index in [1.807, 2.05) is 19.2 Å². The maximum atomic E-state index is 11.3. The molecule has 5 nitrogen and oxygen atoms in total. The van der Waals surface area contributed by atoms with Gasteiger partial charge in [-0.2, -0.15) is 5.10 Å². The molecule has 0 radical (unpaired) electrons. The summed E-state index contributed by atoms with van der Waals surface area (Å²) in [7, 11) is 1.89. The molecule has 0 amide bonds. The summed E-state index contributed by atoms with van der Waals surface area (Å²) in [6.45, 7) is 2.17. The van der Waals surface area contributed by atoms with E-state index in [0.29, 0.717) is 17.8 Å². The van der Waals surface area contributed by atoms with Crippen LogP contribution in [0, 0.1) is 0 Å². The third-order valence-corrected chi connectivity index (χ3v) is 2.83. The number of ketones is 1. The van der Waals surface area contributed by atoms with Gasteiger partial charge in [-0.05, 0) is 31.2 Å². The molecule has 0 aliphatic heterocycles. The number of hydrogen-bond donors (Lipinski definition) is 2. The van der Waals surface area contributed by atoms with Gasteiger partial charge in [0, 0.05) is 30.2 Å². The number of hydrogen-bond acceptors (Lipinski definition) is 4. The lowest BCUT2D eigenvalue weighted by Gasteiger charge is -2.09.